The van der Waals surface area contributed by atoms with Crippen LogP contribution in [0.2, 0.25) is 5.02 Å². The number of hydrogen-bond donors (Lipinski definition) is 1. The van der Waals surface area contributed by atoms with Crippen molar-refractivity contribution in [3.8, 4) is 0 Å². The third kappa shape index (κ3) is 3.33. The number of aryl methyl sites for hydroxylation is 1. The third-order valence-electron chi connectivity index (χ3n) is 2.77. The number of thiophene rings is 1. The van der Waals surface area contributed by atoms with Crippen molar-refractivity contribution in [2.75, 3.05) is 6.54 Å². The van der Waals surface area contributed by atoms with E-state index in [0.29, 0.717) is 13.2 Å². The largest absolute Gasteiger partial charge is 0.367 e. The highest BCUT2D eigenvalue weighted by Gasteiger charge is 2.14. The maximum atomic E-state index is 5.88. The molecule has 4 heteroatoms. The topological polar surface area (TPSA) is 35.2 Å². The van der Waals surface area contributed by atoms with Crippen LogP contribution < -0.4 is 5.73 Å². The number of hydrogen-bond acceptors (Lipinski definition) is 3. The van der Waals surface area contributed by atoms with Gasteiger partial charge < -0.3 is 10.5 Å². The molecule has 0 radical (unpaired) electrons. The molecule has 0 fully saturated rings. The van der Waals surface area contributed by atoms with Crippen LogP contribution >= 0.6 is 22.9 Å². The van der Waals surface area contributed by atoms with Crippen molar-refractivity contribution in [3.63, 3.8) is 0 Å². The van der Waals surface area contributed by atoms with E-state index in [0.717, 1.165) is 10.6 Å². The molecule has 1 unspecified atom stereocenters. The monoisotopic (exact) mass is 281 g/mol. The van der Waals surface area contributed by atoms with Crippen LogP contribution in [0.1, 0.15) is 22.1 Å². The average molecular weight is 282 g/mol. The van der Waals surface area contributed by atoms with Crippen LogP contribution in [0.4, 0.5) is 0 Å². The first-order valence-corrected chi connectivity index (χ1v) is 7.06. The molecule has 0 saturated carbocycles. The van der Waals surface area contributed by atoms with Gasteiger partial charge in [0.2, 0.25) is 0 Å². The second-order valence-corrected chi connectivity index (χ2v) is 5.51. The summed E-state index contributed by atoms with van der Waals surface area (Å²) in [6.07, 6.45) is -0.0271. The Morgan fingerprint density at radius 2 is 2.00 bits per heavy atom. The Hall–Kier alpha value is -0.870. The first kappa shape index (κ1) is 13.6. The fourth-order valence-corrected chi connectivity index (χ4v) is 2.86. The molecule has 1 atom stereocenters. The SMILES string of the molecule is Cc1ccsc1C(CN)OCc1ccc(Cl)cc1. The van der Waals surface area contributed by atoms with E-state index >= 15 is 0 Å². The summed E-state index contributed by atoms with van der Waals surface area (Å²) in [5, 5.41) is 2.81. The van der Waals surface area contributed by atoms with Gasteiger partial charge in [0.1, 0.15) is 6.10 Å². The molecular weight excluding hydrogens is 266 g/mol. The summed E-state index contributed by atoms with van der Waals surface area (Å²) in [4.78, 5) is 1.21. The molecule has 0 spiro atoms. The molecule has 0 aliphatic carbocycles. The van der Waals surface area contributed by atoms with E-state index in [9.17, 15) is 0 Å². The van der Waals surface area contributed by atoms with Gasteiger partial charge in [-0.15, -0.1) is 11.3 Å². The Morgan fingerprint density at radius 3 is 2.56 bits per heavy atom. The lowest BCUT2D eigenvalue weighted by molar-refractivity contribution is 0.0476. The van der Waals surface area contributed by atoms with Crippen molar-refractivity contribution in [1.29, 1.82) is 0 Å². The van der Waals surface area contributed by atoms with Crippen molar-refractivity contribution in [2.45, 2.75) is 19.6 Å². The highest BCUT2D eigenvalue weighted by molar-refractivity contribution is 7.10. The molecule has 0 saturated heterocycles. The molecule has 2 nitrogen and oxygen atoms in total. The highest BCUT2D eigenvalue weighted by Crippen LogP contribution is 2.27. The summed E-state index contributed by atoms with van der Waals surface area (Å²) in [6.45, 7) is 3.13. The normalized spacial score (nSPS) is 12.6. The van der Waals surface area contributed by atoms with E-state index < -0.39 is 0 Å². The Labute approximate surface area is 116 Å². The fourth-order valence-electron chi connectivity index (χ4n) is 1.74. The lowest BCUT2D eigenvalue weighted by atomic mass is 10.2. The molecule has 0 amide bonds. The van der Waals surface area contributed by atoms with Gasteiger partial charge >= 0.3 is 0 Å². The minimum absolute atomic E-state index is 0.0271. The van der Waals surface area contributed by atoms with Crippen LogP contribution in [0.5, 0.6) is 0 Å². The zero-order valence-electron chi connectivity index (χ0n) is 10.2. The second-order valence-electron chi connectivity index (χ2n) is 4.13. The van der Waals surface area contributed by atoms with Gasteiger partial charge in [0.15, 0.2) is 0 Å². The Kier molecular flexibility index (Phi) is 4.78. The number of ether oxygens (including phenoxy) is 1. The van der Waals surface area contributed by atoms with Gasteiger partial charge in [0.25, 0.3) is 0 Å². The van der Waals surface area contributed by atoms with Crippen LogP contribution in [0.3, 0.4) is 0 Å². The minimum atomic E-state index is -0.0271. The lowest BCUT2D eigenvalue weighted by Crippen LogP contribution is -2.15. The van der Waals surface area contributed by atoms with E-state index in [-0.39, 0.29) is 6.10 Å². The first-order chi connectivity index (χ1) is 8.70. The molecule has 96 valence electrons. The molecule has 2 N–H and O–H groups in total. The first-order valence-electron chi connectivity index (χ1n) is 5.81. The van der Waals surface area contributed by atoms with E-state index in [1.807, 2.05) is 24.3 Å². The van der Waals surface area contributed by atoms with Crippen molar-refractivity contribution in [2.24, 2.45) is 5.73 Å². The zero-order chi connectivity index (χ0) is 13.0. The molecule has 2 aromatic rings. The van der Waals surface area contributed by atoms with Gasteiger partial charge in [-0.1, -0.05) is 23.7 Å². The Balaban J connectivity index is 2.00. The zero-order valence-corrected chi connectivity index (χ0v) is 11.8. The number of benzene rings is 1. The number of halogens is 1. The van der Waals surface area contributed by atoms with E-state index in [2.05, 4.69) is 18.4 Å². The van der Waals surface area contributed by atoms with Crippen LogP contribution in [-0.4, -0.2) is 6.54 Å². The predicted molar refractivity (Wildman–Crippen MR) is 77.1 cm³/mol. The summed E-state index contributed by atoms with van der Waals surface area (Å²) >= 11 is 7.54. The Bertz CT molecular complexity index is 495. The predicted octanol–water partition coefficient (Wildman–Crippen LogP) is 3.93. The minimum Gasteiger partial charge on any atom is -0.367 e. The molecule has 0 aliphatic rings. The van der Waals surface area contributed by atoms with Crippen molar-refractivity contribution >= 4 is 22.9 Å². The van der Waals surface area contributed by atoms with Gasteiger partial charge in [-0.3, -0.25) is 0 Å². The molecule has 1 aromatic heterocycles. The molecule has 18 heavy (non-hydrogen) atoms. The summed E-state index contributed by atoms with van der Waals surface area (Å²) in [6, 6.07) is 9.77. The quantitative estimate of drug-likeness (QED) is 0.901. The maximum absolute atomic E-state index is 5.88. The van der Waals surface area contributed by atoms with Crippen LogP contribution in [0.25, 0.3) is 0 Å². The average Bonchev–Trinajstić information content (AvgIpc) is 2.79. The van der Waals surface area contributed by atoms with Crippen molar-refractivity contribution in [3.05, 3.63) is 56.7 Å². The van der Waals surface area contributed by atoms with Crippen molar-refractivity contribution in [1.82, 2.24) is 0 Å². The lowest BCUT2D eigenvalue weighted by Gasteiger charge is -2.15. The van der Waals surface area contributed by atoms with Gasteiger partial charge in [-0.2, -0.15) is 0 Å². The van der Waals surface area contributed by atoms with Crippen LogP contribution in [0.15, 0.2) is 35.7 Å². The van der Waals surface area contributed by atoms with E-state index in [1.54, 1.807) is 11.3 Å². The summed E-state index contributed by atoms with van der Waals surface area (Å²) in [7, 11) is 0. The van der Waals surface area contributed by atoms with Crippen molar-refractivity contribution < 1.29 is 4.74 Å². The second kappa shape index (κ2) is 6.34. The fraction of sp³-hybridized carbons (Fsp3) is 0.286. The standard InChI is InChI=1S/C14H16ClNOS/c1-10-6-7-18-14(10)13(8-16)17-9-11-2-4-12(15)5-3-11/h2-7,13H,8-9,16H2,1H3. The molecule has 0 aliphatic heterocycles. The summed E-state index contributed by atoms with van der Waals surface area (Å²) < 4.78 is 5.88. The van der Waals surface area contributed by atoms with Crippen LogP contribution in [0, 0.1) is 6.92 Å². The smallest absolute Gasteiger partial charge is 0.105 e. The maximum Gasteiger partial charge on any atom is 0.105 e. The molecule has 2 rings (SSSR count). The van der Waals surface area contributed by atoms with E-state index in [4.69, 9.17) is 22.1 Å². The van der Waals surface area contributed by atoms with Gasteiger partial charge in [0, 0.05) is 16.4 Å². The van der Waals surface area contributed by atoms with E-state index in [1.165, 1.54) is 10.4 Å². The Morgan fingerprint density at radius 1 is 1.28 bits per heavy atom. The van der Waals surface area contributed by atoms with Gasteiger partial charge in [-0.05, 0) is 41.6 Å². The van der Waals surface area contributed by atoms with Crippen LogP contribution in [-0.2, 0) is 11.3 Å². The summed E-state index contributed by atoms with van der Waals surface area (Å²) in [5.41, 5.74) is 8.13. The summed E-state index contributed by atoms with van der Waals surface area (Å²) in [5.74, 6) is 0. The van der Waals surface area contributed by atoms with Gasteiger partial charge in [0.05, 0.1) is 6.61 Å². The molecule has 1 heterocycles. The third-order valence-corrected chi connectivity index (χ3v) is 4.14. The molecule has 1 aromatic carbocycles. The number of rotatable bonds is 5. The van der Waals surface area contributed by atoms with Gasteiger partial charge in [-0.25, -0.2) is 0 Å². The highest BCUT2D eigenvalue weighted by atomic mass is 35.5. The number of nitrogens with two attached hydrogens (primary N) is 1. The molecular formula is C14H16ClNOS. The molecule has 0 bridgehead atoms.